The van der Waals surface area contributed by atoms with Gasteiger partial charge in [-0.25, -0.2) is 0 Å². The summed E-state index contributed by atoms with van der Waals surface area (Å²) in [6.45, 7) is 6.94. The Labute approximate surface area is 117 Å². The van der Waals surface area contributed by atoms with Crippen molar-refractivity contribution < 1.29 is 14.0 Å². The van der Waals surface area contributed by atoms with Crippen molar-refractivity contribution in [1.29, 1.82) is 0 Å². The van der Waals surface area contributed by atoms with Gasteiger partial charge in [0.15, 0.2) is 5.76 Å². The molecule has 0 spiro atoms. The summed E-state index contributed by atoms with van der Waals surface area (Å²) in [5.74, 6) is 0.469. The van der Waals surface area contributed by atoms with Gasteiger partial charge in [-0.3, -0.25) is 9.59 Å². The van der Waals surface area contributed by atoms with Crippen LogP contribution in [-0.2, 0) is 4.79 Å². The highest BCUT2D eigenvalue weighted by atomic mass is 32.2. The predicted molar refractivity (Wildman–Crippen MR) is 76.3 cm³/mol. The molecule has 1 rings (SSSR count). The molecular formula is C13H20N2O3S. The second kappa shape index (κ2) is 7.23. The van der Waals surface area contributed by atoms with Crippen molar-refractivity contribution in [2.45, 2.75) is 25.5 Å². The van der Waals surface area contributed by atoms with Gasteiger partial charge in [0.2, 0.25) is 5.91 Å². The minimum atomic E-state index is -0.385. The molecule has 0 atom stereocenters. The summed E-state index contributed by atoms with van der Waals surface area (Å²) >= 11 is 1.78. The summed E-state index contributed by atoms with van der Waals surface area (Å²) in [6, 6.07) is 3.17. The van der Waals surface area contributed by atoms with Gasteiger partial charge in [0.1, 0.15) is 0 Å². The molecule has 0 unspecified atom stereocenters. The number of carbonyl (C=O) groups is 2. The van der Waals surface area contributed by atoms with Crippen molar-refractivity contribution in [3.05, 3.63) is 24.2 Å². The molecule has 2 amide bonds. The number of amides is 2. The summed E-state index contributed by atoms with van der Waals surface area (Å²) in [4.78, 5) is 23.0. The van der Waals surface area contributed by atoms with E-state index in [0.29, 0.717) is 6.54 Å². The normalized spacial score (nSPS) is 11.1. The van der Waals surface area contributed by atoms with E-state index in [-0.39, 0.29) is 28.9 Å². The second-order valence-corrected chi connectivity index (χ2v) is 6.89. The maximum Gasteiger partial charge on any atom is 0.287 e. The van der Waals surface area contributed by atoms with Crippen molar-refractivity contribution in [2.24, 2.45) is 0 Å². The van der Waals surface area contributed by atoms with Crippen molar-refractivity contribution in [2.75, 3.05) is 18.8 Å². The lowest BCUT2D eigenvalue weighted by Crippen LogP contribution is -2.37. The van der Waals surface area contributed by atoms with Crippen LogP contribution in [0.2, 0.25) is 0 Å². The van der Waals surface area contributed by atoms with Crippen LogP contribution in [0.15, 0.2) is 22.8 Å². The first-order valence-corrected chi connectivity index (χ1v) is 7.09. The second-order valence-electron chi connectivity index (χ2n) is 4.97. The van der Waals surface area contributed by atoms with Crippen molar-refractivity contribution in [3.63, 3.8) is 0 Å². The zero-order valence-electron chi connectivity index (χ0n) is 11.5. The smallest absolute Gasteiger partial charge is 0.287 e. The third-order valence-electron chi connectivity index (χ3n) is 2.11. The van der Waals surface area contributed by atoms with Crippen LogP contribution in [-0.4, -0.2) is 35.4 Å². The van der Waals surface area contributed by atoms with E-state index in [4.69, 9.17) is 4.42 Å². The fraction of sp³-hybridized carbons (Fsp3) is 0.538. The SMILES string of the molecule is CC(C)(C)SCCNC(=O)CNC(=O)c1ccco1. The summed E-state index contributed by atoms with van der Waals surface area (Å²) in [5.41, 5.74) is 0. The van der Waals surface area contributed by atoms with Gasteiger partial charge >= 0.3 is 0 Å². The van der Waals surface area contributed by atoms with E-state index in [1.807, 2.05) is 0 Å². The lowest BCUT2D eigenvalue weighted by Gasteiger charge is -2.17. The molecule has 0 saturated heterocycles. The Morgan fingerprint density at radius 3 is 2.63 bits per heavy atom. The molecule has 106 valence electrons. The molecule has 1 aromatic heterocycles. The number of hydrogen-bond acceptors (Lipinski definition) is 4. The fourth-order valence-electron chi connectivity index (χ4n) is 1.27. The van der Waals surface area contributed by atoms with Gasteiger partial charge < -0.3 is 15.1 Å². The lowest BCUT2D eigenvalue weighted by molar-refractivity contribution is -0.120. The van der Waals surface area contributed by atoms with Crippen LogP contribution >= 0.6 is 11.8 Å². The molecule has 5 nitrogen and oxygen atoms in total. The Bertz CT molecular complexity index is 410. The molecule has 0 saturated carbocycles. The highest BCUT2D eigenvalue weighted by Gasteiger charge is 2.11. The Morgan fingerprint density at radius 1 is 1.32 bits per heavy atom. The highest BCUT2D eigenvalue weighted by molar-refractivity contribution is 8.00. The third-order valence-corrected chi connectivity index (χ3v) is 3.39. The molecule has 0 radical (unpaired) electrons. The van der Waals surface area contributed by atoms with Crippen LogP contribution in [0.5, 0.6) is 0 Å². The molecule has 19 heavy (non-hydrogen) atoms. The van der Waals surface area contributed by atoms with Crippen LogP contribution in [0.4, 0.5) is 0 Å². The summed E-state index contributed by atoms with van der Waals surface area (Å²) in [7, 11) is 0. The van der Waals surface area contributed by atoms with E-state index in [2.05, 4.69) is 31.4 Å². The number of carbonyl (C=O) groups excluding carboxylic acids is 2. The fourth-order valence-corrected chi connectivity index (χ4v) is 2.08. The molecule has 1 heterocycles. The van der Waals surface area contributed by atoms with Gasteiger partial charge in [0.25, 0.3) is 5.91 Å². The van der Waals surface area contributed by atoms with Crippen LogP contribution in [0.3, 0.4) is 0 Å². The summed E-state index contributed by atoms with van der Waals surface area (Å²) in [6.07, 6.45) is 1.42. The molecule has 1 aromatic rings. The van der Waals surface area contributed by atoms with E-state index in [1.54, 1.807) is 23.9 Å². The number of hydrogen-bond donors (Lipinski definition) is 2. The number of furan rings is 1. The van der Waals surface area contributed by atoms with Gasteiger partial charge in [0.05, 0.1) is 12.8 Å². The minimum absolute atomic E-state index is 0.0419. The topological polar surface area (TPSA) is 71.3 Å². The number of thioether (sulfide) groups is 1. The predicted octanol–water partition coefficient (Wildman–Crippen LogP) is 1.66. The largest absolute Gasteiger partial charge is 0.459 e. The maximum atomic E-state index is 11.5. The van der Waals surface area contributed by atoms with Gasteiger partial charge in [-0.15, -0.1) is 0 Å². The lowest BCUT2D eigenvalue weighted by atomic mass is 10.3. The van der Waals surface area contributed by atoms with Crippen LogP contribution < -0.4 is 10.6 Å². The van der Waals surface area contributed by atoms with Crippen molar-refractivity contribution in [3.8, 4) is 0 Å². The number of nitrogens with one attached hydrogen (secondary N) is 2. The molecular weight excluding hydrogens is 264 g/mol. The Kier molecular flexibility index (Phi) is 5.95. The molecule has 6 heteroatoms. The number of rotatable bonds is 6. The van der Waals surface area contributed by atoms with E-state index in [1.165, 1.54) is 6.26 Å². The molecule has 0 aliphatic rings. The van der Waals surface area contributed by atoms with E-state index in [0.717, 1.165) is 5.75 Å². The standard InChI is InChI=1S/C13H20N2O3S/c1-13(2,3)19-8-6-14-11(16)9-15-12(17)10-5-4-7-18-10/h4-5,7H,6,8-9H2,1-3H3,(H,14,16)(H,15,17). The Balaban J connectivity index is 2.13. The van der Waals surface area contributed by atoms with Crippen LogP contribution in [0.1, 0.15) is 31.3 Å². The van der Waals surface area contributed by atoms with Gasteiger partial charge in [-0.05, 0) is 12.1 Å². The molecule has 2 N–H and O–H groups in total. The molecule has 0 aromatic carbocycles. The minimum Gasteiger partial charge on any atom is -0.459 e. The van der Waals surface area contributed by atoms with Gasteiger partial charge in [-0.2, -0.15) is 11.8 Å². The van der Waals surface area contributed by atoms with Crippen molar-refractivity contribution >= 4 is 23.6 Å². The Morgan fingerprint density at radius 2 is 2.05 bits per heavy atom. The van der Waals surface area contributed by atoms with Crippen LogP contribution in [0, 0.1) is 0 Å². The molecule has 0 aliphatic carbocycles. The Hall–Kier alpha value is -1.43. The molecule has 0 bridgehead atoms. The maximum absolute atomic E-state index is 11.5. The quantitative estimate of drug-likeness (QED) is 0.779. The van der Waals surface area contributed by atoms with Gasteiger partial charge in [-0.1, -0.05) is 20.8 Å². The first-order chi connectivity index (χ1) is 8.88. The van der Waals surface area contributed by atoms with E-state index < -0.39 is 0 Å². The monoisotopic (exact) mass is 284 g/mol. The first kappa shape index (κ1) is 15.6. The zero-order chi connectivity index (χ0) is 14.3. The summed E-state index contributed by atoms with van der Waals surface area (Å²) < 4.78 is 5.11. The molecule has 0 fully saturated rings. The van der Waals surface area contributed by atoms with E-state index >= 15 is 0 Å². The zero-order valence-corrected chi connectivity index (χ0v) is 12.3. The highest BCUT2D eigenvalue weighted by Crippen LogP contribution is 2.21. The van der Waals surface area contributed by atoms with E-state index in [9.17, 15) is 9.59 Å². The third kappa shape index (κ3) is 6.91. The van der Waals surface area contributed by atoms with Crippen LogP contribution in [0.25, 0.3) is 0 Å². The first-order valence-electron chi connectivity index (χ1n) is 6.11. The van der Waals surface area contributed by atoms with Crippen molar-refractivity contribution in [1.82, 2.24) is 10.6 Å². The average molecular weight is 284 g/mol. The van der Waals surface area contributed by atoms with Gasteiger partial charge in [0, 0.05) is 17.0 Å². The average Bonchev–Trinajstić information content (AvgIpc) is 2.84. The summed E-state index contributed by atoms with van der Waals surface area (Å²) in [5, 5.41) is 5.24. The molecule has 0 aliphatic heterocycles.